The van der Waals surface area contributed by atoms with Crippen LogP contribution in [0.5, 0.6) is 5.75 Å². The molecule has 0 saturated heterocycles. The maximum absolute atomic E-state index is 11.5. The van der Waals surface area contributed by atoms with Gasteiger partial charge in [0.1, 0.15) is 5.75 Å². The topological polar surface area (TPSA) is 67.4 Å². The number of carbonyl (C=O) groups excluding carboxylic acids is 2. The lowest BCUT2D eigenvalue weighted by Gasteiger charge is -2.20. The van der Waals surface area contributed by atoms with Gasteiger partial charge in [-0.05, 0) is 39.0 Å². The molecule has 0 aliphatic heterocycles. The van der Waals surface area contributed by atoms with Crippen LogP contribution in [0.3, 0.4) is 0 Å². The Hall–Kier alpha value is -1.75. The van der Waals surface area contributed by atoms with Crippen molar-refractivity contribution in [2.24, 2.45) is 0 Å². The molecule has 0 unspecified atom stereocenters. The molecule has 5 nitrogen and oxygen atoms in total. The average Bonchev–Trinajstić information content (AvgIpc) is 2.23. The highest BCUT2D eigenvalue weighted by molar-refractivity contribution is 6.30. The molecular formula is C13H17ClN2O3. The molecule has 0 fully saturated rings. The van der Waals surface area contributed by atoms with Gasteiger partial charge < -0.3 is 10.1 Å². The van der Waals surface area contributed by atoms with Crippen LogP contribution in [0.1, 0.15) is 20.8 Å². The Kier molecular flexibility index (Phi) is 5.18. The molecule has 0 aliphatic carbocycles. The SMILES string of the molecule is CC(C)(C)NC(=O)NC(=O)COc1cccc(Cl)c1. The summed E-state index contributed by atoms with van der Waals surface area (Å²) in [5.41, 5.74) is -0.405. The monoisotopic (exact) mass is 284 g/mol. The number of ether oxygens (including phenoxy) is 1. The third-order valence-corrected chi connectivity index (χ3v) is 2.14. The minimum Gasteiger partial charge on any atom is -0.484 e. The highest BCUT2D eigenvalue weighted by Crippen LogP contribution is 2.16. The van der Waals surface area contributed by atoms with Crippen molar-refractivity contribution in [3.05, 3.63) is 29.3 Å². The van der Waals surface area contributed by atoms with Crippen LogP contribution >= 0.6 is 11.6 Å². The van der Waals surface area contributed by atoms with Gasteiger partial charge in [0.25, 0.3) is 5.91 Å². The second kappa shape index (κ2) is 6.43. The fourth-order valence-corrected chi connectivity index (χ4v) is 1.42. The number of benzene rings is 1. The fourth-order valence-electron chi connectivity index (χ4n) is 1.24. The van der Waals surface area contributed by atoms with Crippen LogP contribution in [0.15, 0.2) is 24.3 Å². The summed E-state index contributed by atoms with van der Waals surface area (Å²) in [7, 11) is 0. The first-order valence-electron chi connectivity index (χ1n) is 5.76. The van der Waals surface area contributed by atoms with E-state index in [-0.39, 0.29) is 6.61 Å². The van der Waals surface area contributed by atoms with Gasteiger partial charge in [-0.25, -0.2) is 4.79 Å². The molecule has 0 aromatic heterocycles. The van der Waals surface area contributed by atoms with Gasteiger partial charge in [0.15, 0.2) is 6.61 Å². The number of urea groups is 1. The first kappa shape index (κ1) is 15.3. The zero-order valence-electron chi connectivity index (χ0n) is 11.1. The van der Waals surface area contributed by atoms with E-state index in [9.17, 15) is 9.59 Å². The number of rotatable bonds is 3. The molecule has 0 radical (unpaired) electrons. The molecule has 0 aliphatic rings. The van der Waals surface area contributed by atoms with Gasteiger partial charge >= 0.3 is 6.03 Å². The van der Waals surface area contributed by atoms with Crippen LogP contribution in [0.4, 0.5) is 4.79 Å². The highest BCUT2D eigenvalue weighted by Gasteiger charge is 2.15. The van der Waals surface area contributed by atoms with E-state index in [0.29, 0.717) is 10.8 Å². The van der Waals surface area contributed by atoms with Gasteiger partial charge in [-0.2, -0.15) is 0 Å². The molecule has 6 heteroatoms. The molecule has 3 amide bonds. The van der Waals surface area contributed by atoms with Crippen molar-refractivity contribution >= 4 is 23.5 Å². The number of hydrogen-bond donors (Lipinski definition) is 2. The summed E-state index contributed by atoms with van der Waals surface area (Å²) < 4.78 is 5.20. The Bertz CT molecular complexity index is 469. The number of halogens is 1. The van der Waals surface area contributed by atoms with Crippen molar-refractivity contribution < 1.29 is 14.3 Å². The van der Waals surface area contributed by atoms with E-state index < -0.39 is 17.5 Å². The van der Waals surface area contributed by atoms with E-state index >= 15 is 0 Å². The number of carbonyl (C=O) groups is 2. The van der Waals surface area contributed by atoms with E-state index in [1.165, 1.54) is 0 Å². The van der Waals surface area contributed by atoms with Crippen LogP contribution in [0, 0.1) is 0 Å². The Balaban J connectivity index is 2.38. The van der Waals surface area contributed by atoms with E-state index in [2.05, 4.69) is 10.6 Å². The second-order valence-electron chi connectivity index (χ2n) is 5.00. The van der Waals surface area contributed by atoms with Crippen LogP contribution in [-0.2, 0) is 4.79 Å². The lowest BCUT2D eigenvalue weighted by molar-refractivity contribution is -0.122. The summed E-state index contributed by atoms with van der Waals surface area (Å²) in [6, 6.07) is 6.12. The zero-order chi connectivity index (χ0) is 14.5. The summed E-state index contributed by atoms with van der Waals surface area (Å²) in [6.07, 6.45) is 0. The largest absolute Gasteiger partial charge is 0.484 e. The lowest BCUT2D eigenvalue weighted by Crippen LogP contribution is -2.49. The van der Waals surface area contributed by atoms with Crippen molar-refractivity contribution in [3.8, 4) is 5.75 Å². The molecule has 19 heavy (non-hydrogen) atoms. The molecule has 2 N–H and O–H groups in total. The summed E-state index contributed by atoms with van der Waals surface area (Å²) in [6.45, 7) is 5.20. The van der Waals surface area contributed by atoms with Gasteiger partial charge in [0, 0.05) is 10.6 Å². The van der Waals surface area contributed by atoms with Gasteiger partial charge in [0.2, 0.25) is 0 Å². The molecular weight excluding hydrogens is 268 g/mol. The van der Waals surface area contributed by atoms with Crippen LogP contribution < -0.4 is 15.4 Å². The fraction of sp³-hybridized carbons (Fsp3) is 0.385. The second-order valence-corrected chi connectivity index (χ2v) is 5.43. The predicted octanol–water partition coefficient (Wildman–Crippen LogP) is 2.34. The highest BCUT2D eigenvalue weighted by atomic mass is 35.5. The normalized spacial score (nSPS) is 10.7. The Morgan fingerprint density at radius 1 is 1.32 bits per heavy atom. The molecule has 1 aromatic carbocycles. The summed E-state index contributed by atoms with van der Waals surface area (Å²) in [5, 5.41) is 5.30. The maximum Gasteiger partial charge on any atom is 0.321 e. The molecule has 0 heterocycles. The standard InChI is InChI=1S/C13H17ClN2O3/c1-13(2,3)16-12(18)15-11(17)8-19-10-6-4-5-9(14)7-10/h4-7H,8H2,1-3H3,(H2,15,16,17,18). The smallest absolute Gasteiger partial charge is 0.321 e. The van der Waals surface area contributed by atoms with Crippen molar-refractivity contribution in [1.29, 1.82) is 0 Å². The summed E-state index contributed by atoms with van der Waals surface area (Å²) >= 11 is 5.77. The van der Waals surface area contributed by atoms with Crippen LogP contribution in [-0.4, -0.2) is 24.1 Å². The number of imide groups is 1. The number of nitrogens with one attached hydrogen (secondary N) is 2. The predicted molar refractivity (Wildman–Crippen MR) is 73.4 cm³/mol. The van der Waals surface area contributed by atoms with Crippen molar-refractivity contribution in [3.63, 3.8) is 0 Å². The zero-order valence-corrected chi connectivity index (χ0v) is 11.9. The summed E-state index contributed by atoms with van der Waals surface area (Å²) in [5.74, 6) is -0.0550. The minimum absolute atomic E-state index is 0.252. The van der Waals surface area contributed by atoms with Gasteiger partial charge in [-0.1, -0.05) is 17.7 Å². The Labute approximate surface area is 117 Å². The molecule has 0 saturated carbocycles. The first-order valence-corrected chi connectivity index (χ1v) is 6.14. The number of hydrogen-bond acceptors (Lipinski definition) is 3. The summed E-state index contributed by atoms with van der Waals surface area (Å²) in [4.78, 5) is 22.9. The molecule has 0 atom stereocenters. The third-order valence-electron chi connectivity index (χ3n) is 1.91. The van der Waals surface area contributed by atoms with Gasteiger partial charge in [-0.3, -0.25) is 10.1 Å². The molecule has 104 valence electrons. The average molecular weight is 285 g/mol. The maximum atomic E-state index is 11.5. The van der Waals surface area contributed by atoms with E-state index in [0.717, 1.165) is 0 Å². The molecule has 0 spiro atoms. The van der Waals surface area contributed by atoms with Crippen molar-refractivity contribution in [2.45, 2.75) is 26.3 Å². The number of amides is 3. The Morgan fingerprint density at radius 2 is 2.00 bits per heavy atom. The van der Waals surface area contributed by atoms with Crippen molar-refractivity contribution in [2.75, 3.05) is 6.61 Å². The van der Waals surface area contributed by atoms with Gasteiger partial charge in [0.05, 0.1) is 0 Å². The Morgan fingerprint density at radius 3 is 2.58 bits per heavy atom. The lowest BCUT2D eigenvalue weighted by atomic mass is 10.1. The minimum atomic E-state index is -0.549. The molecule has 1 aromatic rings. The quantitative estimate of drug-likeness (QED) is 0.895. The van der Waals surface area contributed by atoms with Crippen LogP contribution in [0.25, 0.3) is 0 Å². The third kappa shape index (κ3) is 6.67. The van der Waals surface area contributed by atoms with Crippen molar-refractivity contribution in [1.82, 2.24) is 10.6 Å². The molecule has 1 rings (SSSR count). The van der Waals surface area contributed by atoms with E-state index in [1.54, 1.807) is 24.3 Å². The van der Waals surface area contributed by atoms with Crippen LogP contribution in [0.2, 0.25) is 5.02 Å². The molecule has 0 bridgehead atoms. The van der Waals surface area contributed by atoms with Gasteiger partial charge in [-0.15, -0.1) is 0 Å². The first-order chi connectivity index (χ1) is 8.76. The van der Waals surface area contributed by atoms with E-state index in [4.69, 9.17) is 16.3 Å². The van der Waals surface area contributed by atoms with E-state index in [1.807, 2.05) is 20.8 Å².